The second-order valence-corrected chi connectivity index (χ2v) is 4.78. The first-order chi connectivity index (χ1) is 9.28. The number of hydrogen-bond donors (Lipinski definition) is 2. The van der Waals surface area contributed by atoms with Crippen molar-refractivity contribution in [3.05, 3.63) is 29.6 Å². The highest BCUT2D eigenvalue weighted by molar-refractivity contribution is 5.76. The molecule has 1 heterocycles. The highest BCUT2D eigenvalue weighted by atomic mass is 16.1. The van der Waals surface area contributed by atoms with Gasteiger partial charge in [-0.1, -0.05) is 0 Å². The number of carbonyl (C=O) groups is 1. The van der Waals surface area contributed by atoms with Gasteiger partial charge in [-0.25, -0.2) is 4.98 Å². The van der Waals surface area contributed by atoms with Gasteiger partial charge in [0.15, 0.2) is 0 Å². The van der Waals surface area contributed by atoms with E-state index < -0.39 is 0 Å². The lowest BCUT2D eigenvalue weighted by Gasteiger charge is -2.05. The highest BCUT2D eigenvalue weighted by Crippen LogP contribution is 2.18. The number of pyridine rings is 1. The molecule has 1 aliphatic rings. The summed E-state index contributed by atoms with van der Waals surface area (Å²) in [7, 11) is 0. The smallest absolute Gasteiger partial charge is 0.220 e. The molecule has 0 aliphatic heterocycles. The zero-order valence-corrected chi connectivity index (χ0v) is 10.9. The highest BCUT2D eigenvalue weighted by Gasteiger charge is 2.22. The predicted molar refractivity (Wildman–Crippen MR) is 71.1 cm³/mol. The number of hydrogen-bond acceptors (Lipinski definition) is 4. The number of rotatable bonds is 7. The summed E-state index contributed by atoms with van der Waals surface area (Å²) >= 11 is 0. The van der Waals surface area contributed by atoms with E-state index in [4.69, 9.17) is 5.26 Å². The number of nitrogens with zero attached hydrogens (tertiary/aromatic N) is 2. The molecule has 0 aromatic carbocycles. The van der Waals surface area contributed by atoms with Gasteiger partial charge in [-0.3, -0.25) is 4.79 Å². The number of amides is 1. The third kappa shape index (κ3) is 5.06. The van der Waals surface area contributed by atoms with Crippen molar-refractivity contribution < 1.29 is 4.79 Å². The molecule has 2 rings (SSSR count). The van der Waals surface area contributed by atoms with Gasteiger partial charge in [-0.05, 0) is 43.5 Å². The summed E-state index contributed by atoms with van der Waals surface area (Å²) in [4.78, 5) is 15.3. The molecule has 0 unspecified atom stereocenters. The lowest BCUT2D eigenvalue weighted by Crippen LogP contribution is -2.26. The van der Waals surface area contributed by atoms with Gasteiger partial charge in [0.1, 0.15) is 11.8 Å². The topological polar surface area (TPSA) is 77.8 Å². The van der Waals surface area contributed by atoms with Crippen LogP contribution in [0.25, 0.3) is 0 Å². The average Bonchev–Trinajstić information content (AvgIpc) is 3.22. The minimum atomic E-state index is 0.153. The Morgan fingerprint density at radius 3 is 3.11 bits per heavy atom. The van der Waals surface area contributed by atoms with Crippen molar-refractivity contribution in [3.8, 4) is 6.07 Å². The lowest BCUT2D eigenvalue weighted by molar-refractivity contribution is -0.121. The second-order valence-electron chi connectivity index (χ2n) is 4.78. The number of nitrogens with one attached hydrogen (secondary N) is 2. The maximum absolute atomic E-state index is 11.4. The Morgan fingerprint density at radius 2 is 2.37 bits per heavy atom. The van der Waals surface area contributed by atoms with E-state index in [1.54, 1.807) is 12.3 Å². The van der Waals surface area contributed by atoms with Crippen LogP contribution in [0.2, 0.25) is 0 Å². The Hall–Kier alpha value is -1.93. The average molecular weight is 258 g/mol. The molecule has 1 aromatic rings. The fraction of sp³-hybridized carbons (Fsp3) is 0.500. The van der Waals surface area contributed by atoms with Gasteiger partial charge in [0, 0.05) is 25.2 Å². The molecule has 1 fully saturated rings. The van der Waals surface area contributed by atoms with E-state index in [1.165, 1.54) is 0 Å². The SMILES string of the molecule is N#Cc1cc(CNCCCC(=O)NC2CC2)ccn1. The summed E-state index contributed by atoms with van der Waals surface area (Å²) in [5.74, 6) is 0.153. The molecular weight excluding hydrogens is 240 g/mol. The van der Waals surface area contributed by atoms with Gasteiger partial charge >= 0.3 is 0 Å². The molecular formula is C14H18N4O. The molecule has 100 valence electrons. The Labute approximate surface area is 113 Å². The van der Waals surface area contributed by atoms with E-state index in [0.29, 0.717) is 24.7 Å². The molecule has 5 heteroatoms. The fourth-order valence-corrected chi connectivity index (χ4v) is 1.78. The molecule has 1 aliphatic carbocycles. The summed E-state index contributed by atoms with van der Waals surface area (Å²) in [5.41, 5.74) is 1.47. The van der Waals surface area contributed by atoms with E-state index >= 15 is 0 Å². The van der Waals surface area contributed by atoms with Gasteiger partial charge in [0.05, 0.1) is 0 Å². The van der Waals surface area contributed by atoms with E-state index in [9.17, 15) is 4.79 Å². The van der Waals surface area contributed by atoms with Crippen molar-refractivity contribution in [2.75, 3.05) is 6.54 Å². The quantitative estimate of drug-likeness (QED) is 0.718. The van der Waals surface area contributed by atoms with Gasteiger partial charge < -0.3 is 10.6 Å². The maximum Gasteiger partial charge on any atom is 0.220 e. The lowest BCUT2D eigenvalue weighted by atomic mass is 10.2. The number of carbonyl (C=O) groups excluding carboxylic acids is 1. The zero-order chi connectivity index (χ0) is 13.5. The van der Waals surface area contributed by atoms with Crippen LogP contribution < -0.4 is 10.6 Å². The molecule has 5 nitrogen and oxygen atoms in total. The minimum Gasteiger partial charge on any atom is -0.353 e. The first-order valence-electron chi connectivity index (χ1n) is 6.63. The van der Waals surface area contributed by atoms with Gasteiger partial charge in [0.2, 0.25) is 5.91 Å². The van der Waals surface area contributed by atoms with Crippen LogP contribution in [0, 0.1) is 11.3 Å². The minimum absolute atomic E-state index is 0.153. The predicted octanol–water partition coefficient (Wildman–Crippen LogP) is 1.10. The van der Waals surface area contributed by atoms with Crippen LogP contribution >= 0.6 is 0 Å². The largest absolute Gasteiger partial charge is 0.353 e. The van der Waals surface area contributed by atoms with E-state index in [-0.39, 0.29) is 5.91 Å². The maximum atomic E-state index is 11.4. The number of nitriles is 1. The van der Waals surface area contributed by atoms with Crippen LogP contribution in [-0.4, -0.2) is 23.5 Å². The molecule has 1 amide bonds. The Morgan fingerprint density at radius 1 is 1.53 bits per heavy atom. The molecule has 0 spiro atoms. The summed E-state index contributed by atoms with van der Waals surface area (Å²) in [5, 5.41) is 15.0. The molecule has 1 saturated carbocycles. The first-order valence-corrected chi connectivity index (χ1v) is 6.63. The van der Waals surface area contributed by atoms with Crippen molar-refractivity contribution >= 4 is 5.91 Å². The van der Waals surface area contributed by atoms with E-state index in [0.717, 1.165) is 31.4 Å². The van der Waals surface area contributed by atoms with Gasteiger partial charge in [-0.2, -0.15) is 5.26 Å². The van der Waals surface area contributed by atoms with Crippen molar-refractivity contribution in [3.63, 3.8) is 0 Å². The normalized spacial score (nSPS) is 13.8. The third-order valence-corrected chi connectivity index (χ3v) is 2.97. The molecule has 19 heavy (non-hydrogen) atoms. The van der Waals surface area contributed by atoms with Crippen LogP contribution in [0.1, 0.15) is 36.9 Å². The fourth-order valence-electron chi connectivity index (χ4n) is 1.78. The van der Waals surface area contributed by atoms with Crippen LogP contribution in [0.5, 0.6) is 0 Å². The van der Waals surface area contributed by atoms with Crippen molar-refractivity contribution in [1.82, 2.24) is 15.6 Å². The van der Waals surface area contributed by atoms with Crippen molar-refractivity contribution in [2.45, 2.75) is 38.3 Å². The van der Waals surface area contributed by atoms with Gasteiger partial charge in [-0.15, -0.1) is 0 Å². The first kappa shape index (κ1) is 13.5. The summed E-state index contributed by atoms with van der Waals surface area (Å²) in [6.45, 7) is 1.49. The van der Waals surface area contributed by atoms with E-state index in [1.807, 2.05) is 12.1 Å². The molecule has 0 radical (unpaired) electrons. The molecule has 2 N–H and O–H groups in total. The molecule has 1 aromatic heterocycles. The van der Waals surface area contributed by atoms with Gasteiger partial charge in [0.25, 0.3) is 0 Å². The summed E-state index contributed by atoms with van der Waals surface area (Å²) in [6, 6.07) is 6.12. The molecule has 0 atom stereocenters. The summed E-state index contributed by atoms with van der Waals surface area (Å²) in [6.07, 6.45) is 5.30. The Kier molecular flexibility index (Phi) is 4.87. The second kappa shape index (κ2) is 6.86. The third-order valence-electron chi connectivity index (χ3n) is 2.97. The Bertz CT molecular complexity index is 477. The standard InChI is InChI=1S/C14H18N4O/c15-9-13-8-11(5-7-17-13)10-16-6-1-2-14(19)18-12-3-4-12/h5,7-8,12,16H,1-4,6,10H2,(H,18,19). The van der Waals surface area contributed by atoms with E-state index in [2.05, 4.69) is 15.6 Å². The van der Waals surface area contributed by atoms with Crippen LogP contribution in [-0.2, 0) is 11.3 Å². The van der Waals surface area contributed by atoms with Crippen LogP contribution in [0.15, 0.2) is 18.3 Å². The Balaban J connectivity index is 1.58. The monoisotopic (exact) mass is 258 g/mol. The van der Waals surface area contributed by atoms with Crippen molar-refractivity contribution in [1.29, 1.82) is 5.26 Å². The number of aromatic nitrogens is 1. The summed E-state index contributed by atoms with van der Waals surface area (Å²) < 4.78 is 0. The molecule has 0 saturated heterocycles. The van der Waals surface area contributed by atoms with Crippen LogP contribution in [0.4, 0.5) is 0 Å². The van der Waals surface area contributed by atoms with Crippen molar-refractivity contribution in [2.24, 2.45) is 0 Å². The van der Waals surface area contributed by atoms with Crippen LogP contribution in [0.3, 0.4) is 0 Å². The molecule has 0 bridgehead atoms. The zero-order valence-electron chi connectivity index (χ0n) is 10.9.